The quantitative estimate of drug-likeness (QED) is 0.601. The van der Waals surface area contributed by atoms with E-state index in [9.17, 15) is 0 Å². The number of rotatable bonds is 2. The third kappa shape index (κ3) is 1.67. The summed E-state index contributed by atoms with van der Waals surface area (Å²) in [6, 6.07) is 0. The van der Waals surface area contributed by atoms with Gasteiger partial charge in [0.1, 0.15) is 0 Å². The van der Waals surface area contributed by atoms with Crippen LogP contribution in [0.25, 0.3) is 0 Å². The molecule has 1 heterocycles. The van der Waals surface area contributed by atoms with Gasteiger partial charge in [0.05, 0.1) is 0 Å². The molecule has 1 fully saturated rings. The SMILES string of the molecule is CC(C)(CS)N1CCCC1. The summed E-state index contributed by atoms with van der Waals surface area (Å²) in [6.45, 7) is 7.08. The van der Waals surface area contributed by atoms with Crippen molar-refractivity contribution in [3.63, 3.8) is 0 Å². The predicted molar refractivity (Wildman–Crippen MR) is 48.7 cm³/mol. The maximum atomic E-state index is 4.33. The lowest BCUT2D eigenvalue weighted by Crippen LogP contribution is -2.43. The molecule has 1 nitrogen and oxygen atoms in total. The van der Waals surface area contributed by atoms with E-state index in [0.29, 0.717) is 5.54 Å². The molecule has 0 aromatic rings. The van der Waals surface area contributed by atoms with Crippen LogP contribution in [-0.4, -0.2) is 29.3 Å². The fourth-order valence-corrected chi connectivity index (χ4v) is 1.62. The van der Waals surface area contributed by atoms with E-state index in [2.05, 4.69) is 31.4 Å². The Morgan fingerprint density at radius 1 is 1.30 bits per heavy atom. The summed E-state index contributed by atoms with van der Waals surface area (Å²) >= 11 is 4.33. The molecular formula is C8H17NS. The lowest BCUT2D eigenvalue weighted by Gasteiger charge is -2.33. The van der Waals surface area contributed by atoms with Crippen LogP contribution in [0.5, 0.6) is 0 Å². The number of hydrogen-bond acceptors (Lipinski definition) is 2. The Balaban J connectivity index is 2.45. The van der Waals surface area contributed by atoms with E-state index in [0.717, 1.165) is 5.75 Å². The van der Waals surface area contributed by atoms with Gasteiger partial charge in [0.15, 0.2) is 0 Å². The van der Waals surface area contributed by atoms with Gasteiger partial charge in [-0.2, -0.15) is 12.6 Å². The van der Waals surface area contributed by atoms with Crippen molar-refractivity contribution in [1.82, 2.24) is 4.90 Å². The normalized spacial score (nSPS) is 21.9. The summed E-state index contributed by atoms with van der Waals surface area (Å²) in [6.07, 6.45) is 2.74. The van der Waals surface area contributed by atoms with Crippen molar-refractivity contribution in [3.8, 4) is 0 Å². The Hall–Kier alpha value is 0.310. The second-order valence-electron chi connectivity index (χ2n) is 3.66. The Kier molecular flexibility index (Phi) is 2.64. The fourth-order valence-electron chi connectivity index (χ4n) is 1.42. The van der Waals surface area contributed by atoms with Crippen LogP contribution in [0.2, 0.25) is 0 Å². The number of nitrogens with zero attached hydrogens (tertiary/aromatic N) is 1. The highest BCUT2D eigenvalue weighted by Crippen LogP contribution is 2.21. The number of hydrogen-bond donors (Lipinski definition) is 1. The van der Waals surface area contributed by atoms with E-state index in [1.165, 1.54) is 25.9 Å². The average molecular weight is 159 g/mol. The van der Waals surface area contributed by atoms with Crippen molar-refractivity contribution >= 4 is 12.6 Å². The fraction of sp³-hybridized carbons (Fsp3) is 1.00. The molecule has 1 aliphatic heterocycles. The van der Waals surface area contributed by atoms with Gasteiger partial charge in [-0.25, -0.2) is 0 Å². The monoisotopic (exact) mass is 159 g/mol. The predicted octanol–water partition coefficient (Wildman–Crippen LogP) is 1.79. The van der Waals surface area contributed by atoms with Crippen molar-refractivity contribution in [1.29, 1.82) is 0 Å². The summed E-state index contributed by atoms with van der Waals surface area (Å²) in [5.74, 6) is 0.965. The van der Waals surface area contributed by atoms with E-state index in [1.54, 1.807) is 0 Å². The van der Waals surface area contributed by atoms with Crippen molar-refractivity contribution in [2.24, 2.45) is 0 Å². The molecule has 0 atom stereocenters. The summed E-state index contributed by atoms with van der Waals surface area (Å²) in [5.41, 5.74) is 0.319. The first kappa shape index (κ1) is 8.41. The van der Waals surface area contributed by atoms with E-state index in [-0.39, 0.29) is 0 Å². The van der Waals surface area contributed by atoms with Crippen LogP contribution in [0.3, 0.4) is 0 Å². The Morgan fingerprint density at radius 2 is 1.80 bits per heavy atom. The molecule has 0 spiro atoms. The van der Waals surface area contributed by atoms with Gasteiger partial charge >= 0.3 is 0 Å². The highest BCUT2D eigenvalue weighted by molar-refractivity contribution is 7.80. The van der Waals surface area contributed by atoms with Crippen molar-refractivity contribution in [2.75, 3.05) is 18.8 Å². The van der Waals surface area contributed by atoms with Gasteiger partial charge in [-0.3, -0.25) is 4.90 Å². The van der Waals surface area contributed by atoms with Gasteiger partial charge < -0.3 is 0 Å². The molecule has 0 radical (unpaired) electrons. The lowest BCUT2D eigenvalue weighted by atomic mass is 10.1. The summed E-state index contributed by atoms with van der Waals surface area (Å²) in [7, 11) is 0. The molecule has 0 bridgehead atoms. The highest BCUT2D eigenvalue weighted by Gasteiger charge is 2.26. The molecule has 1 aliphatic rings. The summed E-state index contributed by atoms with van der Waals surface area (Å²) in [4.78, 5) is 2.53. The second-order valence-corrected chi connectivity index (χ2v) is 3.98. The minimum Gasteiger partial charge on any atom is -0.297 e. The van der Waals surface area contributed by atoms with E-state index >= 15 is 0 Å². The number of likely N-dealkylation sites (tertiary alicyclic amines) is 1. The minimum atomic E-state index is 0.319. The van der Waals surface area contributed by atoms with Crippen LogP contribution in [-0.2, 0) is 0 Å². The van der Waals surface area contributed by atoms with E-state index in [1.807, 2.05) is 0 Å². The molecule has 2 heteroatoms. The topological polar surface area (TPSA) is 3.24 Å². The molecule has 0 aromatic heterocycles. The zero-order valence-electron chi connectivity index (χ0n) is 6.93. The van der Waals surface area contributed by atoms with Crippen LogP contribution >= 0.6 is 12.6 Å². The van der Waals surface area contributed by atoms with Gasteiger partial charge in [-0.05, 0) is 39.8 Å². The van der Waals surface area contributed by atoms with Crippen molar-refractivity contribution < 1.29 is 0 Å². The molecule has 10 heavy (non-hydrogen) atoms. The van der Waals surface area contributed by atoms with Crippen LogP contribution in [0.15, 0.2) is 0 Å². The van der Waals surface area contributed by atoms with E-state index < -0.39 is 0 Å². The van der Waals surface area contributed by atoms with Crippen molar-refractivity contribution in [2.45, 2.75) is 32.2 Å². The summed E-state index contributed by atoms with van der Waals surface area (Å²) < 4.78 is 0. The molecule has 0 aromatic carbocycles. The minimum absolute atomic E-state index is 0.319. The van der Waals surface area contributed by atoms with Gasteiger partial charge in [0.25, 0.3) is 0 Å². The molecule has 0 amide bonds. The zero-order valence-corrected chi connectivity index (χ0v) is 7.82. The van der Waals surface area contributed by atoms with Crippen LogP contribution in [0, 0.1) is 0 Å². The number of thiol groups is 1. The van der Waals surface area contributed by atoms with Crippen LogP contribution in [0.1, 0.15) is 26.7 Å². The molecular weight excluding hydrogens is 142 g/mol. The zero-order chi connectivity index (χ0) is 7.61. The second kappa shape index (κ2) is 3.14. The average Bonchev–Trinajstić information content (AvgIpc) is 2.38. The first-order chi connectivity index (χ1) is 4.67. The van der Waals surface area contributed by atoms with E-state index in [4.69, 9.17) is 0 Å². The van der Waals surface area contributed by atoms with Gasteiger partial charge in [0, 0.05) is 11.3 Å². The molecule has 0 saturated carbocycles. The molecule has 1 rings (SSSR count). The first-order valence-electron chi connectivity index (χ1n) is 4.03. The van der Waals surface area contributed by atoms with Crippen LogP contribution in [0.4, 0.5) is 0 Å². The third-order valence-electron chi connectivity index (χ3n) is 2.35. The smallest absolute Gasteiger partial charge is 0.0241 e. The molecule has 0 aliphatic carbocycles. The summed E-state index contributed by atoms with van der Waals surface area (Å²) in [5, 5.41) is 0. The third-order valence-corrected chi connectivity index (χ3v) is 3.12. The Morgan fingerprint density at radius 3 is 2.20 bits per heavy atom. The highest BCUT2D eigenvalue weighted by atomic mass is 32.1. The van der Waals surface area contributed by atoms with Crippen molar-refractivity contribution in [3.05, 3.63) is 0 Å². The maximum absolute atomic E-state index is 4.33. The molecule has 1 saturated heterocycles. The van der Waals surface area contributed by atoms with Gasteiger partial charge in [0.2, 0.25) is 0 Å². The standard InChI is InChI=1S/C8H17NS/c1-8(2,7-10)9-5-3-4-6-9/h10H,3-7H2,1-2H3. The maximum Gasteiger partial charge on any atom is 0.0241 e. The Bertz CT molecular complexity index is 106. The lowest BCUT2D eigenvalue weighted by molar-refractivity contribution is 0.180. The first-order valence-corrected chi connectivity index (χ1v) is 4.66. The molecule has 0 N–H and O–H groups in total. The molecule has 0 unspecified atom stereocenters. The molecule has 60 valence electrons. The van der Waals surface area contributed by atoms with Gasteiger partial charge in [-0.1, -0.05) is 0 Å². The van der Waals surface area contributed by atoms with Crippen LogP contribution < -0.4 is 0 Å². The van der Waals surface area contributed by atoms with Gasteiger partial charge in [-0.15, -0.1) is 0 Å². The Labute approximate surface area is 69.2 Å². The largest absolute Gasteiger partial charge is 0.297 e.